The number of rotatable bonds is 3. The third kappa shape index (κ3) is 2.39. The lowest BCUT2D eigenvalue weighted by molar-refractivity contribution is -0.373. The Kier molecular flexibility index (Phi) is 3.75. The maximum absolute atomic E-state index is 12.6. The van der Waals surface area contributed by atoms with Gasteiger partial charge in [0.2, 0.25) is 0 Å². The molecule has 2 N–H and O–H groups in total. The molecule has 2 saturated carbocycles. The molecule has 4 unspecified atom stereocenters. The number of halogens is 6. The number of aliphatic hydroxyl groups is 1. The molecule has 0 aromatic heterocycles. The van der Waals surface area contributed by atoms with Crippen LogP contribution in [0, 0.1) is 17.8 Å². The molecule has 0 radical (unpaired) electrons. The molecule has 0 aromatic rings. The molecule has 2 aliphatic rings. The third-order valence-corrected chi connectivity index (χ3v) is 4.57. The molecule has 2 rings (SSSR count). The first-order valence-corrected chi connectivity index (χ1v) is 6.15. The summed E-state index contributed by atoms with van der Waals surface area (Å²) >= 11 is 0. The molecule has 0 spiro atoms. The fraction of sp³-hybridized carbons (Fsp3) is 1.00. The van der Waals surface area contributed by atoms with E-state index in [1.807, 2.05) is 0 Å². The monoisotopic (exact) mass is 308 g/mol. The van der Waals surface area contributed by atoms with Crippen LogP contribution in [0.1, 0.15) is 25.7 Å². The van der Waals surface area contributed by atoms with Crippen molar-refractivity contribution in [3.63, 3.8) is 0 Å². The number of hydrogen-bond donors (Lipinski definition) is 2. The van der Waals surface area contributed by atoms with E-state index in [4.69, 9.17) is 10.4 Å². The molecule has 3 nitrogen and oxygen atoms in total. The van der Waals surface area contributed by atoms with Gasteiger partial charge in [-0.3, -0.25) is 5.26 Å². The van der Waals surface area contributed by atoms with Gasteiger partial charge in [-0.2, -0.15) is 26.3 Å². The van der Waals surface area contributed by atoms with Crippen LogP contribution in [0.4, 0.5) is 26.3 Å². The van der Waals surface area contributed by atoms with Gasteiger partial charge >= 0.3 is 12.4 Å². The molecule has 0 saturated heterocycles. The second-order valence-corrected chi connectivity index (χ2v) is 5.69. The zero-order valence-electron chi connectivity index (χ0n) is 10.2. The van der Waals surface area contributed by atoms with Gasteiger partial charge in [0.25, 0.3) is 5.60 Å². The van der Waals surface area contributed by atoms with Crippen LogP contribution in [0.5, 0.6) is 0 Å². The zero-order valence-corrected chi connectivity index (χ0v) is 10.2. The Labute approximate surface area is 110 Å². The SMILES string of the molecule is OOC1CC2CC1CC2CC(O)(C(F)(F)F)C(F)(F)F. The molecule has 0 heterocycles. The maximum atomic E-state index is 12.6. The highest BCUT2D eigenvalue weighted by Gasteiger charge is 2.71. The Morgan fingerprint density at radius 3 is 1.80 bits per heavy atom. The highest BCUT2D eigenvalue weighted by atomic mass is 19.4. The van der Waals surface area contributed by atoms with E-state index < -0.39 is 42.3 Å². The van der Waals surface area contributed by atoms with E-state index in [1.54, 1.807) is 0 Å². The number of fused-ring (bicyclic) bond motifs is 2. The Morgan fingerprint density at radius 2 is 1.45 bits per heavy atom. The number of alkyl halides is 6. The van der Waals surface area contributed by atoms with Gasteiger partial charge in [-0.15, -0.1) is 0 Å². The van der Waals surface area contributed by atoms with Crippen molar-refractivity contribution in [1.29, 1.82) is 0 Å². The predicted octanol–water partition coefficient (Wildman–Crippen LogP) is 3.14. The van der Waals surface area contributed by atoms with Crippen molar-refractivity contribution in [3.05, 3.63) is 0 Å². The summed E-state index contributed by atoms with van der Waals surface area (Å²) in [6.07, 6.45) is -12.7. The van der Waals surface area contributed by atoms with Gasteiger partial charge in [-0.25, -0.2) is 4.89 Å². The molecule has 9 heteroatoms. The maximum Gasteiger partial charge on any atom is 0.426 e. The molecule has 2 fully saturated rings. The van der Waals surface area contributed by atoms with Crippen LogP contribution in [0.15, 0.2) is 0 Å². The molecule has 0 aromatic carbocycles. The van der Waals surface area contributed by atoms with Crippen LogP contribution in [0.25, 0.3) is 0 Å². The first-order valence-electron chi connectivity index (χ1n) is 6.15. The average Bonchev–Trinajstić information content (AvgIpc) is 2.84. The van der Waals surface area contributed by atoms with E-state index in [0.717, 1.165) is 0 Å². The summed E-state index contributed by atoms with van der Waals surface area (Å²) in [5, 5.41) is 17.7. The molecule has 0 aliphatic heterocycles. The lowest BCUT2D eigenvalue weighted by Crippen LogP contribution is -2.58. The van der Waals surface area contributed by atoms with Crippen molar-refractivity contribution in [3.8, 4) is 0 Å². The van der Waals surface area contributed by atoms with Crippen molar-refractivity contribution in [2.24, 2.45) is 17.8 Å². The summed E-state index contributed by atoms with van der Waals surface area (Å²) in [7, 11) is 0. The normalized spacial score (nSPS) is 34.8. The predicted molar refractivity (Wildman–Crippen MR) is 53.5 cm³/mol. The minimum absolute atomic E-state index is 0.0877. The van der Waals surface area contributed by atoms with Crippen LogP contribution in [-0.2, 0) is 4.89 Å². The molecule has 118 valence electrons. The Hall–Kier alpha value is -0.540. The standard InChI is InChI=1S/C11H14F6O3/c12-10(13,14)9(18,11(15,16)17)4-7-2-6-1-5(7)3-8(6)20-19/h5-8,18-19H,1-4H2. The van der Waals surface area contributed by atoms with E-state index in [-0.39, 0.29) is 18.8 Å². The van der Waals surface area contributed by atoms with Gasteiger partial charge in [-0.05, 0) is 43.4 Å². The van der Waals surface area contributed by atoms with Gasteiger partial charge in [0, 0.05) is 0 Å². The van der Waals surface area contributed by atoms with Gasteiger partial charge in [0.1, 0.15) is 0 Å². The highest BCUT2D eigenvalue weighted by molar-refractivity contribution is 5.02. The van der Waals surface area contributed by atoms with E-state index in [9.17, 15) is 26.3 Å². The smallest absolute Gasteiger partial charge is 0.374 e. The van der Waals surface area contributed by atoms with Gasteiger partial charge < -0.3 is 5.11 Å². The summed E-state index contributed by atoms with van der Waals surface area (Å²) in [4.78, 5) is 4.15. The van der Waals surface area contributed by atoms with E-state index in [1.165, 1.54) is 0 Å². The average molecular weight is 308 g/mol. The molecule has 2 aliphatic carbocycles. The van der Waals surface area contributed by atoms with E-state index in [2.05, 4.69) is 4.89 Å². The van der Waals surface area contributed by atoms with E-state index >= 15 is 0 Å². The topological polar surface area (TPSA) is 49.7 Å². The summed E-state index contributed by atoms with van der Waals surface area (Å²) in [5.74, 6) is -1.52. The summed E-state index contributed by atoms with van der Waals surface area (Å²) in [5.41, 5.74) is -4.68. The van der Waals surface area contributed by atoms with Crippen molar-refractivity contribution < 1.29 is 41.6 Å². The Morgan fingerprint density at radius 1 is 0.900 bits per heavy atom. The Balaban J connectivity index is 2.13. The van der Waals surface area contributed by atoms with Crippen molar-refractivity contribution in [2.45, 2.75) is 49.7 Å². The minimum Gasteiger partial charge on any atom is -0.374 e. The second-order valence-electron chi connectivity index (χ2n) is 5.69. The summed E-state index contributed by atoms with van der Waals surface area (Å²) in [6, 6.07) is 0. The van der Waals surface area contributed by atoms with Crippen LogP contribution in [0.3, 0.4) is 0 Å². The molecule has 0 amide bonds. The Bertz CT molecular complexity index is 352. The molecular formula is C11H14F6O3. The summed E-state index contributed by atoms with van der Waals surface area (Å²) < 4.78 is 75.6. The fourth-order valence-electron chi connectivity index (χ4n) is 3.49. The van der Waals surface area contributed by atoms with Gasteiger partial charge in [-0.1, -0.05) is 0 Å². The first-order chi connectivity index (χ1) is 8.99. The van der Waals surface area contributed by atoms with Crippen LogP contribution in [0.2, 0.25) is 0 Å². The summed E-state index contributed by atoms with van der Waals surface area (Å²) in [6.45, 7) is 0. The molecule has 2 bridgehead atoms. The lowest BCUT2D eigenvalue weighted by atomic mass is 9.79. The number of hydrogen-bond acceptors (Lipinski definition) is 3. The molecular weight excluding hydrogens is 294 g/mol. The molecule has 4 atom stereocenters. The fourth-order valence-corrected chi connectivity index (χ4v) is 3.49. The largest absolute Gasteiger partial charge is 0.426 e. The quantitative estimate of drug-likeness (QED) is 0.478. The van der Waals surface area contributed by atoms with Crippen molar-refractivity contribution >= 4 is 0 Å². The minimum atomic E-state index is -5.76. The van der Waals surface area contributed by atoms with Gasteiger partial charge in [0.05, 0.1) is 6.10 Å². The van der Waals surface area contributed by atoms with Crippen molar-refractivity contribution in [2.75, 3.05) is 0 Å². The van der Waals surface area contributed by atoms with Crippen LogP contribution < -0.4 is 0 Å². The second kappa shape index (κ2) is 4.74. The van der Waals surface area contributed by atoms with Gasteiger partial charge in [0.15, 0.2) is 0 Å². The van der Waals surface area contributed by atoms with Crippen molar-refractivity contribution in [1.82, 2.24) is 0 Å². The van der Waals surface area contributed by atoms with Crippen LogP contribution >= 0.6 is 0 Å². The lowest BCUT2D eigenvalue weighted by Gasteiger charge is -2.37. The first kappa shape index (κ1) is 15.8. The highest BCUT2D eigenvalue weighted by Crippen LogP contribution is 2.55. The zero-order chi connectivity index (χ0) is 15.3. The molecule has 20 heavy (non-hydrogen) atoms. The van der Waals surface area contributed by atoms with Crippen LogP contribution in [-0.4, -0.2) is 34.4 Å². The van der Waals surface area contributed by atoms with E-state index in [0.29, 0.717) is 6.42 Å². The third-order valence-electron chi connectivity index (χ3n) is 4.57.